The number of nitrogens with zero attached hydrogens (tertiary/aromatic N) is 3. The van der Waals surface area contributed by atoms with Crippen molar-refractivity contribution < 1.29 is 9.32 Å². The van der Waals surface area contributed by atoms with Crippen molar-refractivity contribution in [2.45, 2.75) is 34.1 Å². The fourth-order valence-corrected chi connectivity index (χ4v) is 3.51. The second-order valence-corrected chi connectivity index (χ2v) is 6.09. The van der Waals surface area contributed by atoms with Gasteiger partial charge in [0.1, 0.15) is 16.4 Å². The van der Waals surface area contributed by atoms with Gasteiger partial charge in [-0.3, -0.25) is 4.79 Å². The first-order valence-electron chi connectivity index (χ1n) is 7.01. The summed E-state index contributed by atoms with van der Waals surface area (Å²) in [5.74, 6) is 1.66. The molecule has 0 saturated heterocycles. The zero-order valence-electron chi connectivity index (χ0n) is 12.9. The van der Waals surface area contributed by atoms with Gasteiger partial charge in [0, 0.05) is 23.6 Å². The van der Waals surface area contributed by atoms with E-state index in [0.717, 1.165) is 33.7 Å². The minimum Gasteiger partial charge on any atom is -0.360 e. The van der Waals surface area contributed by atoms with Crippen molar-refractivity contribution in [3.8, 4) is 0 Å². The highest BCUT2D eigenvalue weighted by molar-refractivity contribution is 7.20. The molecule has 1 N–H and O–H groups in total. The fourth-order valence-electron chi connectivity index (χ4n) is 2.37. The van der Waals surface area contributed by atoms with Crippen LogP contribution in [0.15, 0.2) is 10.6 Å². The third-order valence-corrected chi connectivity index (χ3v) is 4.59. The van der Waals surface area contributed by atoms with E-state index in [9.17, 15) is 4.79 Å². The second-order valence-electron chi connectivity index (χ2n) is 5.09. The zero-order valence-corrected chi connectivity index (χ0v) is 13.7. The number of rotatable bonds is 3. The van der Waals surface area contributed by atoms with E-state index in [0.29, 0.717) is 16.5 Å². The van der Waals surface area contributed by atoms with Gasteiger partial charge < -0.3 is 9.84 Å². The molecule has 0 fully saturated rings. The lowest BCUT2D eigenvalue weighted by atomic mass is 10.1. The van der Waals surface area contributed by atoms with Gasteiger partial charge in [-0.15, -0.1) is 11.3 Å². The van der Waals surface area contributed by atoms with E-state index in [1.54, 1.807) is 13.0 Å². The van der Waals surface area contributed by atoms with Crippen LogP contribution in [0, 0.1) is 20.8 Å². The minimum atomic E-state index is -0.203. The average molecular weight is 316 g/mol. The van der Waals surface area contributed by atoms with Crippen LogP contribution in [-0.4, -0.2) is 21.0 Å². The van der Waals surface area contributed by atoms with Crippen LogP contribution in [0.4, 0.5) is 5.82 Å². The molecule has 22 heavy (non-hydrogen) atoms. The summed E-state index contributed by atoms with van der Waals surface area (Å²) in [6.07, 6.45) is 0.771. The molecule has 0 saturated carbocycles. The molecule has 0 spiro atoms. The SMILES string of the molecule is CCc1nc(C)c2c(C)c(C(=O)Nc3cc(C)on3)sc2n1. The van der Waals surface area contributed by atoms with E-state index in [-0.39, 0.29) is 5.91 Å². The topological polar surface area (TPSA) is 80.9 Å². The number of amides is 1. The number of aryl methyl sites for hydroxylation is 4. The molecule has 7 heteroatoms. The van der Waals surface area contributed by atoms with E-state index in [1.807, 2.05) is 20.8 Å². The number of carbonyl (C=O) groups is 1. The monoisotopic (exact) mass is 316 g/mol. The summed E-state index contributed by atoms with van der Waals surface area (Å²) < 4.78 is 4.96. The van der Waals surface area contributed by atoms with Crippen LogP contribution in [0.3, 0.4) is 0 Å². The molecular formula is C15H16N4O2S. The van der Waals surface area contributed by atoms with Crippen LogP contribution < -0.4 is 5.32 Å². The van der Waals surface area contributed by atoms with Gasteiger partial charge >= 0.3 is 0 Å². The van der Waals surface area contributed by atoms with Crippen LogP contribution in [0.5, 0.6) is 0 Å². The van der Waals surface area contributed by atoms with Gasteiger partial charge in [-0.25, -0.2) is 9.97 Å². The molecule has 0 aliphatic heterocycles. The van der Waals surface area contributed by atoms with Crippen molar-refractivity contribution in [2.75, 3.05) is 5.32 Å². The lowest BCUT2D eigenvalue weighted by Crippen LogP contribution is -2.11. The van der Waals surface area contributed by atoms with E-state index in [4.69, 9.17) is 4.52 Å². The number of carbonyl (C=O) groups excluding carboxylic acids is 1. The third kappa shape index (κ3) is 2.48. The van der Waals surface area contributed by atoms with E-state index in [2.05, 4.69) is 20.4 Å². The zero-order chi connectivity index (χ0) is 15.9. The number of fused-ring (bicyclic) bond motifs is 1. The molecule has 0 atom stereocenters. The van der Waals surface area contributed by atoms with Crippen LogP contribution in [0.1, 0.15) is 39.4 Å². The Morgan fingerprint density at radius 2 is 2.09 bits per heavy atom. The van der Waals surface area contributed by atoms with Crippen molar-refractivity contribution in [2.24, 2.45) is 0 Å². The molecule has 0 aliphatic rings. The van der Waals surface area contributed by atoms with Crippen molar-refractivity contribution in [3.05, 3.63) is 33.8 Å². The Morgan fingerprint density at radius 3 is 2.73 bits per heavy atom. The van der Waals surface area contributed by atoms with Crippen molar-refractivity contribution in [3.63, 3.8) is 0 Å². The summed E-state index contributed by atoms with van der Waals surface area (Å²) in [6.45, 7) is 7.66. The highest BCUT2D eigenvalue weighted by atomic mass is 32.1. The largest absolute Gasteiger partial charge is 0.360 e. The van der Waals surface area contributed by atoms with Gasteiger partial charge in [0.25, 0.3) is 5.91 Å². The Bertz CT molecular complexity index is 866. The van der Waals surface area contributed by atoms with E-state index < -0.39 is 0 Å². The number of hydrogen-bond acceptors (Lipinski definition) is 6. The smallest absolute Gasteiger partial charge is 0.267 e. The molecular weight excluding hydrogens is 300 g/mol. The first-order valence-corrected chi connectivity index (χ1v) is 7.82. The molecule has 0 bridgehead atoms. The van der Waals surface area contributed by atoms with Crippen LogP contribution in [0.25, 0.3) is 10.2 Å². The number of thiophene rings is 1. The quantitative estimate of drug-likeness (QED) is 0.800. The highest BCUT2D eigenvalue weighted by Gasteiger charge is 2.19. The Hall–Kier alpha value is -2.28. The maximum Gasteiger partial charge on any atom is 0.267 e. The minimum absolute atomic E-state index is 0.203. The van der Waals surface area contributed by atoms with E-state index >= 15 is 0 Å². The maximum atomic E-state index is 12.4. The first-order chi connectivity index (χ1) is 10.5. The fraction of sp³-hybridized carbons (Fsp3) is 0.333. The van der Waals surface area contributed by atoms with Gasteiger partial charge in [-0.1, -0.05) is 12.1 Å². The van der Waals surface area contributed by atoms with Gasteiger partial charge in [-0.2, -0.15) is 0 Å². The molecule has 114 valence electrons. The molecule has 1 amide bonds. The molecule has 6 nitrogen and oxygen atoms in total. The predicted molar refractivity (Wildman–Crippen MR) is 85.5 cm³/mol. The van der Waals surface area contributed by atoms with Gasteiger partial charge in [0.15, 0.2) is 5.82 Å². The number of nitrogens with one attached hydrogen (secondary N) is 1. The second kappa shape index (κ2) is 5.49. The lowest BCUT2D eigenvalue weighted by Gasteiger charge is -2.01. The average Bonchev–Trinajstić information content (AvgIpc) is 3.02. The van der Waals surface area contributed by atoms with Crippen molar-refractivity contribution in [1.29, 1.82) is 0 Å². The number of aromatic nitrogens is 3. The van der Waals surface area contributed by atoms with Crippen molar-refractivity contribution in [1.82, 2.24) is 15.1 Å². The summed E-state index contributed by atoms with van der Waals surface area (Å²) in [4.78, 5) is 22.9. The van der Waals surface area contributed by atoms with Gasteiger partial charge in [0.2, 0.25) is 0 Å². The molecule has 0 aromatic carbocycles. The lowest BCUT2D eigenvalue weighted by molar-refractivity contribution is 0.102. The Labute approximate surface area is 131 Å². The highest BCUT2D eigenvalue weighted by Crippen LogP contribution is 2.31. The van der Waals surface area contributed by atoms with Crippen LogP contribution >= 0.6 is 11.3 Å². The molecule has 0 unspecified atom stereocenters. The Morgan fingerprint density at radius 1 is 1.32 bits per heavy atom. The maximum absolute atomic E-state index is 12.4. The first kappa shape index (κ1) is 14.6. The van der Waals surface area contributed by atoms with E-state index in [1.165, 1.54) is 11.3 Å². The van der Waals surface area contributed by atoms with Gasteiger partial charge in [0.05, 0.1) is 4.88 Å². The number of hydrogen-bond donors (Lipinski definition) is 1. The van der Waals surface area contributed by atoms with Gasteiger partial charge in [-0.05, 0) is 26.3 Å². The molecule has 3 rings (SSSR count). The van der Waals surface area contributed by atoms with Crippen LogP contribution in [0.2, 0.25) is 0 Å². The normalized spacial score (nSPS) is 11.1. The summed E-state index contributed by atoms with van der Waals surface area (Å²) in [5, 5.41) is 7.49. The summed E-state index contributed by atoms with van der Waals surface area (Å²) in [6, 6.07) is 1.68. The predicted octanol–water partition coefficient (Wildman–Crippen LogP) is 3.42. The molecule has 3 heterocycles. The van der Waals surface area contributed by atoms with Crippen molar-refractivity contribution >= 4 is 33.3 Å². The molecule has 0 radical (unpaired) electrons. The Balaban J connectivity index is 2.01. The number of anilines is 1. The standard InChI is InChI=1S/C15H16N4O2S/c1-5-10-16-9(4)12-8(3)13(22-15(12)18-10)14(20)17-11-6-7(2)21-19-11/h6H,5H2,1-4H3,(H,17,19,20). The Kier molecular flexibility index (Phi) is 3.66. The van der Waals surface area contributed by atoms with Crippen LogP contribution in [-0.2, 0) is 6.42 Å². The molecule has 0 aliphatic carbocycles. The summed E-state index contributed by atoms with van der Waals surface area (Å²) in [5.41, 5.74) is 1.81. The summed E-state index contributed by atoms with van der Waals surface area (Å²) in [7, 11) is 0. The summed E-state index contributed by atoms with van der Waals surface area (Å²) >= 11 is 1.38. The molecule has 3 aromatic rings. The molecule has 3 aromatic heterocycles. The third-order valence-electron chi connectivity index (χ3n) is 3.41.